The van der Waals surface area contributed by atoms with Gasteiger partial charge in [0.15, 0.2) is 0 Å². The van der Waals surface area contributed by atoms with Crippen LogP contribution in [0.3, 0.4) is 0 Å². The van der Waals surface area contributed by atoms with Gasteiger partial charge in [0.05, 0.1) is 0 Å². The number of hydrogen-bond donors (Lipinski definition) is 1. The predicted molar refractivity (Wildman–Crippen MR) is 51.8 cm³/mol. The van der Waals surface area contributed by atoms with Crippen LogP contribution in [0, 0.1) is 5.92 Å². The van der Waals surface area contributed by atoms with Crippen molar-refractivity contribution in [1.29, 1.82) is 0 Å². The summed E-state index contributed by atoms with van der Waals surface area (Å²) in [6.45, 7) is 5.50. The third-order valence-corrected chi connectivity index (χ3v) is 2.66. The van der Waals surface area contributed by atoms with Crippen LogP contribution in [0.25, 0.3) is 0 Å². The van der Waals surface area contributed by atoms with Crippen molar-refractivity contribution in [1.82, 2.24) is 10.0 Å². The zero-order valence-corrected chi connectivity index (χ0v) is 8.66. The molecule has 1 heterocycles. The molecule has 0 bridgehead atoms. The predicted octanol–water partition coefficient (Wildman–Crippen LogP) is 0.0488. The fourth-order valence-corrected chi connectivity index (χ4v) is 1.50. The van der Waals surface area contributed by atoms with E-state index in [4.69, 9.17) is 5.73 Å². The van der Waals surface area contributed by atoms with Gasteiger partial charge in [0.1, 0.15) is 0 Å². The highest BCUT2D eigenvalue weighted by Gasteiger charge is 2.32. The molecular formula is C9H19N3O. The molecule has 1 aliphatic rings. The van der Waals surface area contributed by atoms with Crippen LogP contribution in [-0.4, -0.2) is 42.1 Å². The average Bonchev–Trinajstić information content (AvgIpc) is 2.32. The Hall–Kier alpha value is -0.610. The second kappa shape index (κ2) is 4.07. The van der Waals surface area contributed by atoms with Crippen molar-refractivity contribution in [2.45, 2.75) is 26.3 Å². The molecule has 0 spiro atoms. The van der Waals surface area contributed by atoms with E-state index in [1.54, 1.807) is 0 Å². The summed E-state index contributed by atoms with van der Waals surface area (Å²) in [5, 5.41) is 3.82. The van der Waals surface area contributed by atoms with Crippen LogP contribution in [0.4, 0.5) is 0 Å². The van der Waals surface area contributed by atoms with E-state index in [1.807, 2.05) is 17.1 Å². The van der Waals surface area contributed by atoms with Crippen LogP contribution in [0.1, 0.15) is 20.3 Å². The SMILES string of the molecule is CC(CN)CN1C(=O)CC(C)N1C. The Morgan fingerprint density at radius 2 is 2.31 bits per heavy atom. The van der Waals surface area contributed by atoms with Gasteiger partial charge in [-0.25, -0.2) is 5.01 Å². The number of carbonyl (C=O) groups excluding carboxylic acids is 1. The zero-order valence-electron chi connectivity index (χ0n) is 8.66. The molecule has 1 rings (SSSR count). The molecule has 1 amide bonds. The first-order valence-corrected chi connectivity index (χ1v) is 4.79. The Labute approximate surface area is 79.6 Å². The number of amides is 1. The summed E-state index contributed by atoms with van der Waals surface area (Å²) in [7, 11) is 1.96. The molecule has 2 atom stereocenters. The van der Waals surface area contributed by atoms with E-state index < -0.39 is 0 Å². The molecule has 1 aliphatic heterocycles. The van der Waals surface area contributed by atoms with E-state index >= 15 is 0 Å². The largest absolute Gasteiger partial charge is 0.330 e. The lowest BCUT2D eigenvalue weighted by molar-refractivity contribution is -0.138. The maximum absolute atomic E-state index is 11.5. The summed E-state index contributed by atoms with van der Waals surface area (Å²) in [5.41, 5.74) is 5.52. The Balaban J connectivity index is 2.53. The van der Waals surface area contributed by atoms with Gasteiger partial charge in [-0.15, -0.1) is 0 Å². The number of nitrogens with zero attached hydrogens (tertiary/aromatic N) is 2. The molecule has 0 aliphatic carbocycles. The van der Waals surface area contributed by atoms with Gasteiger partial charge >= 0.3 is 0 Å². The lowest BCUT2D eigenvalue weighted by atomic mass is 10.2. The van der Waals surface area contributed by atoms with Crippen LogP contribution in [0.2, 0.25) is 0 Å². The van der Waals surface area contributed by atoms with Crippen LogP contribution >= 0.6 is 0 Å². The molecule has 1 saturated heterocycles. The number of hydrazine groups is 1. The highest BCUT2D eigenvalue weighted by atomic mass is 16.2. The fraction of sp³-hybridized carbons (Fsp3) is 0.889. The molecule has 1 fully saturated rings. The van der Waals surface area contributed by atoms with E-state index in [2.05, 4.69) is 13.8 Å². The second-order valence-corrected chi connectivity index (χ2v) is 3.94. The molecule has 0 aromatic heterocycles. The van der Waals surface area contributed by atoms with Gasteiger partial charge in [-0.05, 0) is 19.4 Å². The summed E-state index contributed by atoms with van der Waals surface area (Å²) in [6.07, 6.45) is 0.633. The summed E-state index contributed by atoms with van der Waals surface area (Å²) in [4.78, 5) is 11.5. The van der Waals surface area contributed by atoms with Crippen LogP contribution in [-0.2, 0) is 4.79 Å². The number of rotatable bonds is 3. The van der Waals surface area contributed by atoms with E-state index in [9.17, 15) is 4.79 Å². The summed E-state index contributed by atoms with van der Waals surface area (Å²) < 4.78 is 0. The van der Waals surface area contributed by atoms with Crippen molar-refractivity contribution in [2.75, 3.05) is 20.1 Å². The number of nitrogens with two attached hydrogens (primary N) is 1. The molecule has 13 heavy (non-hydrogen) atoms. The second-order valence-electron chi connectivity index (χ2n) is 3.94. The van der Waals surface area contributed by atoms with Crippen LogP contribution in [0.15, 0.2) is 0 Å². The monoisotopic (exact) mass is 185 g/mol. The third-order valence-electron chi connectivity index (χ3n) is 2.66. The van der Waals surface area contributed by atoms with Gasteiger partial charge in [0, 0.05) is 26.1 Å². The van der Waals surface area contributed by atoms with Crippen LogP contribution in [0.5, 0.6) is 0 Å². The van der Waals surface area contributed by atoms with E-state index in [0.717, 1.165) is 6.54 Å². The topological polar surface area (TPSA) is 49.6 Å². The Morgan fingerprint density at radius 3 is 2.69 bits per heavy atom. The Bertz CT molecular complexity index is 195. The molecule has 4 heteroatoms. The minimum Gasteiger partial charge on any atom is -0.330 e. The van der Waals surface area contributed by atoms with Crippen molar-refractivity contribution in [3.05, 3.63) is 0 Å². The minimum atomic E-state index is 0.218. The molecule has 0 radical (unpaired) electrons. The van der Waals surface area contributed by atoms with Crippen molar-refractivity contribution >= 4 is 5.91 Å². The number of hydrogen-bond acceptors (Lipinski definition) is 3. The normalized spacial score (nSPS) is 26.9. The smallest absolute Gasteiger partial charge is 0.238 e. The fourth-order valence-electron chi connectivity index (χ4n) is 1.50. The lowest BCUT2D eigenvalue weighted by Crippen LogP contribution is -2.42. The van der Waals surface area contributed by atoms with Gasteiger partial charge in [-0.3, -0.25) is 9.80 Å². The summed E-state index contributed by atoms with van der Waals surface area (Å²) >= 11 is 0. The van der Waals surface area contributed by atoms with Crippen molar-refractivity contribution in [3.8, 4) is 0 Å². The number of carbonyl (C=O) groups is 1. The van der Waals surface area contributed by atoms with Crippen molar-refractivity contribution < 1.29 is 4.79 Å². The molecule has 2 N–H and O–H groups in total. The summed E-state index contributed by atoms with van der Waals surface area (Å²) in [6, 6.07) is 0.331. The molecule has 76 valence electrons. The Kier molecular flexibility index (Phi) is 3.27. The van der Waals surface area contributed by atoms with Crippen molar-refractivity contribution in [3.63, 3.8) is 0 Å². The van der Waals surface area contributed by atoms with E-state index in [-0.39, 0.29) is 5.91 Å². The highest BCUT2D eigenvalue weighted by Crippen LogP contribution is 2.18. The van der Waals surface area contributed by atoms with Gasteiger partial charge in [-0.1, -0.05) is 6.92 Å². The van der Waals surface area contributed by atoms with Crippen molar-refractivity contribution in [2.24, 2.45) is 11.7 Å². The van der Waals surface area contributed by atoms with E-state index in [1.165, 1.54) is 0 Å². The molecule has 0 saturated carbocycles. The zero-order chi connectivity index (χ0) is 10.0. The highest BCUT2D eigenvalue weighted by molar-refractivity contribution is 5.78. The third kappa shape index (κ3) is 2.19. The van der Waals surface area contributed by atoms with Gasteiger partial charge in [0.2, 0.25) is 5.91 Å². The standard InChI is InChI=1S/C9H19N3O/c1-7(5-10)6-12-9(13)4-8(2)11(12)3/h7-8H,4-6,10H2,1-3H3. The first-order valence-electron chi connectivity index (χ1n) is 4.79. The maximum atomic E-state index is 11.5. The minimum absolute atomic E-state index is 0.218. The average molecular weight is 185 g/mol. The molecule has 0 aromatic carbocycles. The lowest BCUT2D eigenvalue weighted by Gasteiger charge is -2.28. The first-order chi connectivity index (χ1) is 6.06. The van der Waals surface area contributed by atoms with E-state index in [0.29, 0.717) is 24.9 Å². The Morgan fingerprint density at radius 1 is 1.69 bits per heavy atom. The van der Waals surface area contributed by atoms with Gasteiger partial charge < -0.3 is 5.73 Å². The quantitative estimate of drug-likeness (QED) is 0.676. The van der Waals surface area contributed by atoms with Crippen LogP contribution < -0.4 is 5.73 Å². The van der Waals surface area contributed by atoms with Gasteiger partial charge in [0.25, 0.3) is 0 Å². The summed E-state index contributed by atoms with van der Waals surface area (Å²) in [5.74, 6) is 0.590. The molecular weight excluding hydrogens is 166 g/mol. The molecule has 0 aromatic rings. The van der Waals surface area contributed by atoms with Gasteiger partial charge in [-0.2, -0.15) is 0 Å². The maximum Gasteiger partial charge on any atom is 0.238 e. The first kappa shape index (κ1) is 10.5. The molecule has 4 nitrogen and oxygen atoms in total. The molecule has 2 unspecified atom stereocenters.